The van der Waals surface area contributed by atoms with E-state index in [-0.39, 0.29) is 5.56 Å². The van der Waals surface area contributed by atoms with Crippen molar-refractivity contribution in [3.8, 4) is 0 Å². The Balaban J connectivity index is 1.72. The van der Waals surface area contributed by atoms with Crippen LogP contribution in [0.5, 0.6) is 0 Å². The fourth-order valence-corrected chi connectivity index (χ4v) is 5.15. The summed E-state index contributed by atoms with van der Waals surface area (Å²) in [4.78, 5) is 30.3. The first kappa shape index (κ1) is 18.5. The van der Waals surface area contributed by atoms with Crippen LogP contribution in [0.3, 0.4) is 0 Å². The molecule has 2 aromatic heterocycles. The lowest BCUT2D eigenvalue weighted by Crippen LogP contribution is -2.18. The summed E-state index contributed by atoms with van der Waals surface area (Å²) in [5, 5.41) is 2.65. The second kappa shape index (κ2) is 6.78. The number of carbonyl (C=O) groups excluding carboxylic acids is 1. The first-order chi connectivity index (χ1) is 14.4. The Kier molecular flexibility index (Phi) is 4.18. The Morgan fingerprint density at radius 2 is 1.83 bits per heavy atom. The minimum Gasteiger partial charge on any atom is -0.422 e. The van der Waals surface area contributed by atoms with E-state index in [1.165, 1.54) is 11.3 Å². The summed E-state index contributed by atoms with van der Waals surface area (Å²) in [5.74, 6) is -0.602. The van der Waals surface area contributed by atoms with Gasteiger partial charge >= 0.3 is 5.63 Å². The minimum atomic E-state index is -0.678. The van der Waals surface area contributed by atoms with Crippen LogP contribution in [0, 0.1) is 13.8 Å². The first-order valence-corrected chi connectivity index (χ1v) is 10.4. The van der Waals surface area contributed by atoms with Gasteiger partial charge in [-0.1, -0.05) is 47.7 Å². The molecule has 0 aliphatic heterocycles. The monoisotopic (exact) mass is 414 g/mol. The molecule has 30 heavy (non-hydrogen) atoms. The number of rotatable bonds is 1. The topological polar surface area (TPSA) is 64.6 Å². The highest BCUT2D eigenvalue weighted by Gasteiger charge is 2.16. The zero-order valence-corrected chi connectivity index (χ0v) is 17.5. The number of amides is 1. The molecule has 0 saturated carbocycles. The molecule has 148 valence electrons. The van der Waals surface area contributed by atoms with Gasteiger partial charge < -0.3 is 8.98 Å². The predicted octanol–water partition coefficient (Wildman–Crippen LogP) is 4.86. The van der Waals surface area contributed by atoms with Gasteiger partial charge in [0.15, 0.2) is 4.80 Å². The lowest BCUT2D eigenvalue weighted by Gasteiger charge is -2.04. The Labute approximate surface area is 175 Å². The van der Waals surface area contributed by atoms with Crippen molar-refractivity contribution < 1.29 is 9.21 Å². The number of hydrogen-bond donors (Lipinski definition) is 0. The van der Waals surface area contributed by atoms with E-state index in [0.717, 1.165) is 37.5 Å². The van der Waals surface area contributed by atoms with Crippen molar-refractivity contribution in [2.24, 2.45) is 12.0 Å². The van der Waals surface area contributed by atoms with Crippen LogP contribution < -0.4 is 10.4 Å². The van der Waals surface area contributed by atoms with Crippen molar-refractivity contribution in [3.63, 3.8) is 0 Å². The summed E-state index contributed by atoms with van der Waals surface area (Å²) >= 11 is 1.43. The van der Waals surface area contributed by atoms with Crippen molar-refractivity contribution >= 4 is 49.2 Å². The van der Waals surface area contributed by atoms with Gasteiger partial charge in [0.05, 0.1) is 10.2 Å². The van der Waals surface area contributed by atoms with Crippen LogP contribution >= 0.6 is 11.3 Å². The number of nitrogens with zero attached hydrogens (tertiary/aromatic N) is 2. The normalized spacial score (nSPS) is 12.3. The standard InChI is InChI=1S/C24H18N2O3S/c1-13-10-14(2)21-20(11-13)30-24(26(21)3)25-22(27)18-12-17-16-7-5-4-6-15(16)8-9-19(17)29-23(18)28/h4-12H,1-3H3. The van der Waals surface area contributed by atoms with E-state index in [2.05, 4.69) is 17.1 Å². The molecule has 1 amide bonds. The predicted molar refractivity (Wildman–Crippen MR) is 120 cm³/mol. The molecule has 5 rings (SSSR count). The summed E-state index contributed by atoms with van der Waals surface area (Å²) in [6.07, 6.45) is 0. The van der Waals surface area contributed by atoms with Gasteiger partial charge in [-0.25, -0.2) is 4.79 Å². The fourth-order valence-electron chi connectivity index (χ4n) is 3.96. The Morgan fingerprint density at radius 3 is 2.67 bits per heavy atom. The number of fused-ring (bicyclic) bond motifs is 4. The highest BCUT2D eigenvalue weighted by molar-refractivity contribution is 7.16. The lowest BCUT2D eigenvalue weighted by atomic mass is 10.0. The second-order valence-corrected chi connectivity index (χ2v) is 8.44. The fraction of sp³-hybridized carbons (Fsp3) is 0.125. The van der Waals surface area contributed by atoms with Gasteiger partial charge in [0, 0.05) is 12.4 Å². The molecule has 0 bridgehead atoms. The number of thiazole rings is 1. The molecule has 0 aliphatic carbocycles. The summed E-state index contributed by atoms with van der Waals surface area (Å²) in [6, 6.07) is 17.2. The molecule has 0 aliphatic rings. The van der Waals surface area contributed by atoms with Gasteiger partial charge in [-0.3, -0.25) is 4.79 Å². The molecule has 6 heteroatoms. The molecule has 0 atom stereocenters. The van der Waals surface area contributed by atoms with E-state index in [4.69, 9.17) is 4.42 Å². The van der Waals surface area contributed by atoms with Crippen LogP contribution in [-0.2, 0) is 7.05 Å². The molecule has 5 aromatic rings. The Bertz CT molecular complexity index is 1620. The van der Waals surface area contributed by atoms with Gasteiger partial charge in [0.25, 0.3) is 5.91 Å². The maximum atomic E-state index is 13.0. The maximum absolute atomic E-state index is 13.0. The van der Waals surface area contributed by atoms with Crippen LogP contribution in [-0.4, -0.2) is 10.5 Å². The minimum absolute atomic E-state index is 0.0655. The van der Waals surface area contributed by atoms with Gasteiger partial charge in [-0.05, 0) is 53.9 Å². The summed E-state index contributed by atoms with van der Waals surface area (Å²) < 4.78 is 8.39. The second-order valence-electron chi connectivity index (χ2n) is 7.44. The van der Waals surface area contributed by atoms with Crippen LogP contribution in [0.2, 0.25) is 0 Å². The third-order valence-corrected chi connectivity index (χ3v) is 6.38. The summed E-state index contributed by atoms with van der Waals surface area (Å²) in [5.41, 5.74) is 3.02. The van der Waals surface area contributed by atoms with Crippen LogP contribution in [0.25, 0.3) is 32.0 Å². The zero-order valence-electron chi connectivity index (χ0n) is 16.7. The van der Waals surface area contributed by atoms with E-state index in [0.29, 0.717) is 10.4 Å². The lowest BCUT2D eigenvalue weighted by molar-refractivity contribution is 0.0994. The SMILES string of the molecule is Cc1cc(C)c2c(c1)sc(=NC(=O)c1cc3c(ccc4ccccc43)oc1=O)n2C. The van der Waals surface area contributed by atoms with Crippen LogP contribution in [0.15, 0.2) is 68.8 Å². The van der Waals surface area contributed by atoms with Crippen LogP contribution in [0.4, 0.5) is 0 Å². The number of benzene rings is 3. The van der Waals surface area contributed by atoms with Gasteiger partial charge in [0.2, 0.25) is 0 Å². The molecular weight excluding hydrogens is 396 g/mol. The molecule has 0 unspecified atom stereocenters. The van der Waals surface area contributed by atoms with Gasteiger partial charge in [-0.2, -0.15) is 4.99 Å². The first-order valence-electron chi connectivity index (χ1n) is 9.54. The van der Waals surface area contributed by atoms with E-state index in [1.807, 2.05) is 55.8 Å². The molecule has 0 saturated heterocycles. The molecule has 0 fully saturated rings. The molecule has 5 nitrogen and oxygen atoms in total. The third kappa shape index (κ3) is 2.88. The van der Waals surface area contributed by atoms with E-state index in [9.17, 15) is 9.59 Å². The van der Waals surface area contributed by atoms with Crippen LogP contribution in [0.1, 0.15) is 21.5 Å². The van der Waals surface area contributed by atoms with Gasteiger partial charge in [-0.15, -0.1) is 0 Å². The molecular formula is C24H18N2O3S. The van der Waals surface area contributed by atoms with Crippen molar-refractivity contribution in [2.75, 3.05) is 0 Å². The Hall–Kier alpha value is -3.51. The number of aryl methyl sites for hydroxylation is 3. The molecule has 2 heterocycles. The van der Waals surface area contributed by atoms with Crippen molar-refractivity contribution in [3.05, 3.63) is 86.5 Å². The molecule has 0 radical (unpaired) electrons. The van der Waals surface area contributed by atoms with Gasteiger partial charge in [0.1, 0.15) is 11.1 Å². The highest BCUT2D eigenvalue weighted by Crippen LogP contribution is 2.25. The number of aromatic nitrogens is 1. The third-order valence-electron chi connectivity index (χ3n) is 5.30. The number of carbonyl (C=O) groups is 1. The highest BCUT2D eigenvalue weighted by atomic mass is 32.1. The molecule has 3 aromatic carbocycles. The average Bonchev–Trinajstić information content (AvgIpc) is 3.02. The van der Waals surface area contributed by atoms with E-state index < -0.39 is 11.5 Å². The summed E-state index contributed by atoms with van der Waals surface area (Å²) in [6.45, 7) is 4.08. The van der Waals surface area contributed by atoms with E-state index in [1.54, 1.807) is 12.1 Å². The van der Waals surface area contributed by atoms with E-state index >= 15 is 0 Å². The zero-order chi connectivity index (χ0) is 21.0. The average molecular weight is 414 g/mol. The van der Waals surface area contributed by atoms with Crippen molar-refractivity contribution in [1.29, 1.82) is 0 Å². The number of hydrogen-bond acceptors (Lipinski definition) is 4. The van der Waals surface area contributed by atoms with Crippen molar-refractivity contribution in [2.45, 2.75) is 13.8 Å². The Morgan fingerprint density at radius 1 is 1.03 bits per heavy atom. The summed E-state index contributed by atoms with van der Waals surface area (Å²) in [7, 11) is 1.88. The quantitative estimate of drug-likeness (QED) is 0.291. The maximum Gasteiger partial charge on any atom is 0.349 e. The molecule has 0 N–H and O–H groups in total. The smallest absolute Gasteiger partial charge is 0.349 e. The van der Waals surface area contributed by atoms with Crippen molar-refractivity contribution in [1.82, 2.24) is 4.57 Å². The molecule has 0 spiro atoms. The largest absolute Gasteiger partial charge is 0.422 e.